The molecule has 0 saturated carbocycles. The molecule has 2 amide bonds. The van der Waals surface area contributed by atoms with Gasteiger partial charge in [0.05, 0.1) is 17.6 Å². The van der Waals surface area contributed by atoms with E-state index in [9.17, 15) is 9.59 Å². The van der Waals surface area contributed by atoms with E-state index < -0.39 is 5.91 Å². The van der Waals surface area contributed by atoms with Crippen LogP contribution in [0.2, 0.25) is 0 Å². The number of aromatic nitrogens is 2. The molecule has 1 atom stereocenters. The minimum Gasteiger partial charge on any atom is -0.366 e. The Balaban J connectivity index is 1.36. The fourth-order valence-corrected chi connectivity index (χ4v) is 3.71. The molecule has 3 aromatic rings. The lowest BCUT2D eigenvalue weighted by molar-refractivity contribution is -0.117. The van der Waals surface area contributed by atoms with Crippen molar-refractivity contribution in [3.05, 3.63) is 59.9 Å². The van der Waals surface area contributed by atoms with E-state index in [1.54, 1.807) is 24.3 Å². The first kappa shape index (κ1) is 18.2. The van der Waals surface area contributed by atoms with Gasteiger partial charge < -0.3 is 16.0 Å². The van der Waals surface area contributed by atoms with Gasteiger partial charge in [0.2, 0.25) is 11.8 Å². The van der Waals surface area contributed by atoms with E-state index in [1.165, 1.54) is 0 Å². The van der Waals surface area contributed by atoms with Gasteiger partial charge in [-0.05, 0) is 55.8 Å². The van der Waals surface area contributed by atoms with Crippen molar-refractivity contribution in [2.24, 2.45) is 5.73 Å². The van der Waals surface area contributed by atoms with Crippen LogP contribution in [0.25, 0.3) is 11.0 Å². The van der Waals surface area contributed by atoms with Gasteiger partial charge in [0.15, 0.2) is 0 Å². The van der Waals surface area contributed by atoms with E-state index in [0.717, 1.165) is 42.8 Å². The van der Waals surface area contributed by atoms with Crippen LogP contribution in [0.4, 0.5) is 5.69 Å². The standard InChI is InChI=1S/C21H23N5O2/c22-20(28)14-7-9-16(10-8-14)23-19(27)13-26-11-3-4-15(12-26)21-24-17-5-1-2-6-18(17)25-21/h1-2,5-10,15H,3-4,11-13H2,(H2,22,28)(H,23,27)(H,24,25)/t15-/m1/s1. The fraction of sp³-hybridized carbons (Fsp3) is 0.286. The molecule has 1 saturated heterocycles. The minimum absolute atomic E-state index is 0.0721. The Morgan fingerprint density at radius 2 is 1.96 bits per heavy atom. The third-order valence-corrected chi connectivity index (χ3v) is 5.12. The summed E-state index contributed by atoms with van der Waals surface area (Å²) in [5.41, 5.74) is 8.33. The number of H-pyrrole nitrogens is 1. The SMILES string of the molecule is NC(=O)c1ccc(NC(=O)CN2CCC[C@@H](c3nc4ccccc4[nH]3)C2)cc1. The first-order chi connectivity index (χ1) is 13.6. The number of anilines is 1. The molecule has 1 aliphatic rings. The molecule has 0 spiro atoms. The zero-order valence-corrected chi connectivity index (χ0v) is 15.5. The average Bonchev–Trinajstić information content (AvgIpc) is 3.13. The summed E-state index contributed by atoms with van der Waals surface area (Å²) < 4.78 is 0. The van der Waals surface area contributed by atoms with Crippen LogP contribution in [0.1, 0.15) is 34.9 Å². The summed E-state index contributed by atoms with van der Waals surface area (Å²) in [4.78, 5) is 33.8. The number of hydrogen-bond acceptors (Lipinski definition) is 4. The molecule has 0 radical (unpaired) electrons. The summed E-state index contributed by atoms with van der Waals surface area (Å²) in [5.74, 6) is 0.733. The average molecular weight is 377 g/mol. The summed E-state index contributed by atoms with van der Waals surface area (Å²) in [5, 5.41) is 2.88. The molecule has 2 aromatic carbocycles. The number of piperidine rings is 1. The normalized spacial score (nSPS) is 17.5. The largest absolute Gasteiger partial charge is 0.366 e. The number of carbonyl (C=O) groups excluding carboxylic acids is 2. The second-order valence-electron chi connectivity index (χ2n) is 7.20. The summed E-state index contributed by atoms with van der Waals surface area (Å²) >= 11 is 0. The van der Waals surface area contributed by atoms with Crippen molar-refractivity contribution in [1.29, 1.82) is 0 Å². The van der Waals surface area contributed by atoms with Gasteiger partial charge >= 0.3 is 0 Å². The lowest BCUT2D eigenvalue weighted by Crippen LogP contribution is -2.40. The van der Waals surface area contributed by atoms with Gasteiger partial charge in [-0.3, -0.25) is 14.5 Å². The third kappa shape index (κ3) is 4.04. The van der Waals surface area contributed by atoms with Gasteiger partial charge in [0.1, 0.15) is 5.82 Å². The Morgan fingerprint density at radius 3 is 2.71 bits per heavy atom. The molecule has 0 aliphatic carbocycles. The summed E-state index contributed by atoms with van der Waals surface area (Å²) in [6.45, 7) is 2.02. The predicted octanol–water partition coefficient (Wildman–Crippen LogP) is 2.48. The summed E-state index contributed by atoms with van der Waals surface area (Å²) in [6, 6.07) is 14.6. The highest BCUT2D eigenvalue weighted by Gasteiger charge is 2.25. The lowest BCUT2D eigenvalue weighted by Gasteiger charge is -2.31. The van der Waals surface area contributed by atoms with Crippen LogP contribution in [0, 0.1) is 0 Å². The quantitative estimate of drug-likeness (QED) is 0.635. The van der Waals surface area contributed by atoms with Crippen LogP contribution in [0.5, 0.6) is 0 Å². The molecule has 1 aromatic heterocycles. The van der Waals surface area contributed by atoms with Gasteiger partial charge in [-0.1, -0.05) is 12.1 Å². The monoisotopic (exact) mass is 377 g/mol. The second kappa shape index (κ2) is 7.82. The highest BCUT2D eigenvalue weighted by molar-refractivity contribution is 5.95. The number of aromatic amines is 1. The van der Waals surface area contributed by atoms with Crippen LogP contribution >= 0.6 is 0 Å². The molecule has 4 rings (SSSR count). The number of nitrogens with two attached hydrogens (primary N) is 1. The Bertz CT molecular complexity index is 962. The van der Waals surface area contributed by atoms with Crippen molar-refractivity contribution in [3.8, 4) is 0 Å². The highest BCUT2D eigenvalue weighted by atomic mass is 16.2. The second-order valence-corrected chi connectivity index (χ2v) is 7.20. The van der Waals surface area contributed by atoms with E-state index in [0.29, 0.717) is 23.7 Å². The molecule has 0 bridgehead atoms. The fourth-order valence-electron chi connectivity index (χ4n) is 3.71. The molecule has 0 unspecified atom stereocenters. The number of nitrogens with one attached hydrogen (secondary N) is 2. The molecule has 7 nitrogen and oxygen atoms in total. The number of rotatable bonds is 5. The first-order valence-electron chi connectivity index (χ1n) is 9.45. The van der Waals surface area contributed by atoms with Crippen LogP contribution in [0.3, 0.4) is 0 Å². The molecule has 1 fully saturated rings. The van der Waals surface area contributed by atoms with Crippen LogP contribution in [0.15, 0.2) is 48.5 Å². The smallest absolute Gasteiger partial charge is 0.248 e. The van der Waals surface area contributed by atoms with Crippen molar-refractivity contribution in [3.63, 3.8) is 0 Å². The number of nitrogens with zero attached hydrogens (tertiary/aromatic N) is 2. The van der Waals surface area contributed by atoms with Gasteiger partial charge in [0, 0.05) is 23.7 Å². The molecule has 7 heteroatoms. The maximum absolute atomic E-state index is 12.4. The Labute approximate surface area is 162 Å². The van der Waals surface area contributed by atoms with Crippen molar-refractivity contribution in [1.82, 2.24) is 14.9 Å². The molecule has 2 heterocycles. The number of hydrogen-bond donors (Lipinski definition) is 3. The van der Waals surface area contributed by atoms with Crippen molar-refractivity contribution < 1.29 is 9.59 Å². The number of para-hydroxylation sites is 2. The maximum Gasteiger partial charge on any atom is 0.248 e. The first-order valence-corrected chi connectivity index (χ1v) is 9.45. The predicted molar refractivity (Wildman–Crippen MR) is 108 cm³/mol. The van der Waals surface area contributed by atoms with E-state index in [4.69, 9.17) is 10.7 Å². The van der Waals surface area contributed by atoms with Crippen molar-refractivity contribution >= 4 is 28.5 Å². The molecule has 28 heavy (non-hydrogen) atoms. The topological polar surface area (TPSA) is 104 Å². The van der Waals surface area contributed by atoms with Gasteiger partial charge in [-0.15, -0.1) is 0 Å². The molecular formula is C21H23N5O2. The van der Waals surface area contributed by atoms with Gasteiger partial charge in [-0.2, -0.15) is 0 Å². The van der Waals surface area contributed by atoms with Crippen LogP contribution in [-0.2, 0) is 4.79 Å². The lowest BCUT2D eigenvalue weighted by atomic mass is 9.97. The number of benzene rings is 2. The summed E-state index contributed by atoms with van der Waals surface area (Å²) in [7, 11) is 0. The van der Waals surface area contributed by atoms with Crippen molar-refractivity contribution in [2.45, 2.75) is 18.8 Å². The molecule has 144 valence electrons. The van der Waals surface area contributed by atoms with E-state index in [1.807, 2.05) is 24.3 Å². The van der Waals surface area contributed by atoms with Crippen LogP contribution < -0.4 is 11.1 Å². The molecular weight excluding hydrogens is 354 g/mol. The zero-order chi connectivity index (χ0) is 19.5. The van der Waals surface area contributed by atoms with Gasteiger partial charge in [-0.25, -0.2) is 4.98 Å². The Hall–Kier alpha value is -3.19. The number of primary amides is 1. The maximum atomic E-state index is 12.4. The minimum atomic E-state index is -0.483. The number of amides is 2. The van der Waals surface area contributed by atoms with E-state index in [2.05, 4.69) is 15.2 Å². The van der Waals surface area contributed by atoms with Crippen LogP contribution in [-0.4, -0.2) is 46.3 Å². The summed E-state index contributed by atoms with van der Waals surface area (Å²) in [6.07, 6.45) is 2.09. The molecule has 1 aliphatic heterocycles. The van der Waals surface area contributed by atoms with E-state index in [-0.39, 0.29) is 5.91 Å². The Kier molecular flexibility index (Phi) is 5.08. The van der Waals surface area contributed by atoms with Gasteiger partial charge in [0.25, 0.3) is 0 Å². The number of likely N-dealkylation sites (tertiary alicyclic amines) is 1. The number of fused-ring (bicyclic) bond motifs is 1. The zero-order valence-electron chi connectivity index (χ0n) is 15.5. The van der Waals surface area contributed by atoms with E-state index >= 15 is 0 Å². The third-order valence-electron chi connectivity index (χ3n) is 5.12. The van der Waals surface area contributed by atoms with Crippen molar-refractivity contribution in [2.75, 3.05) is 25.0 Å². The Morgan fingerprint density at radius 1 is 1.18 bits per heavy atom. The highest BCUT2D eigenvalue weighted by Crippen LogP contribution is 2.26. The number of imidazole rings is 1. The molecule has 4 N–H and O–H groups in total. The number of carbonyl (C=O) groups is 2.